The van der Waals surface area contributed by atoms with Crippen LogP contribution in [-0.4, -0.2) is 33.6 Å². The summed E-state index contributed by atoms with van der Waals surface area (Å²) in [5.74, 6) is -0.949. The molecule has 146 valence electrons. The Hall–Kier alpha value is -4.05. The molecule has 0 spiro atoms. The number of fused-ring (bicyclic) bond motifs is 2. The van der Waals surface area contributed by atoms with Crippen LogP contribution in [-0.2, 0) is 16.1 Å². The molecule has 3 aromatic rings. The Balaban J connectivity index is 1.54. The molecule has 7 nitrogen and oxygen atoms in total. The maximum Gasteiger partial charge on any atom is 0.255 e. The van der Waals surface area contributed by atoms with Crippen LogP contribution in [0.2, 0.25) is 0 Å². The summed E-state index contributed by atoms with van der Waals surface area (Å²) < 4.78 is 0. The number of piperidine rings is 1. The topological polar surface area (TPSA) is 103 Å². The van der Waals surface area contributed by atoms with Crippen LogP contribution < -0.4 is 5.32 Å². The Morgan fingerprint density at radius 1 is 1.10 bits per heavy atom. The molecule has 0 bridgehead atoms. The minimum absolute atomic E-state index is 0.213. The summed E-state index contributed by atoms with van der Waals surface area (Å²) in [7, 11) is 0. The quantitative estimate of drug-likeness (QED) is 0.671. The Kier molecular flexibility index (Phi) is 4.07. The van der Waals surface area contributed by atoms with E-state index in [9.17, 15) is 19.6 Å². The smallest absolute Gasteiger partial charge is 0.255 e. The van der Waals surface area contributed by atoms with E-state index >= 15 is 0 Å². The Labute approximate surface area is 171 Å². The third-order valence-electron chi connectivity index (χ3n) is 5.65. The Morgan fingerprint density at radius 2 is 1.93 bits per heavy atom. The van der Waals surface area contributed by atoms with Gasteiger partial charge >= 0.3 is 0 Å². The Morgan fingerprint density at radius 3 is 2.73 bits per heavy atom. The van der Waals surface area contributed by atoms with Gasteiger partial charge in [0.1, 0.15) is 17.8 Å². The number of carbonyl (C=O) groups excluding carboxylic acids is 3. The molecule has 3 heterocycles. The number of imide groups is 1. The van der Waals surface area contributed by atoms with E-state index in [4.69, 9.17) is 0 Å². The fourth-order valence-corrected chi connectivity index (χ4v) is 4.20. The highest BCUT2D eigenvalue weighted by Gasteiger charge is 2.39. The van der Waals surface area contributed by atoms with Gasteiger partial charge in [0.25, 0.3) is 5.91 Å². The maximum atomic E-state index is 12.9. The van der Waals surface area contributed by atoms with Gasteiger partial charge in [-0.15, -0.1) is 0 Å². The first-order valence-electron chi connectivity index (χ1n) is 9.63. The highest BCUT2D eigenvalue weighted by Crippen LogP contribution is 2.33. The van der Waals surface area contributed by atoms with Gasteiger partial charge in [0.05, 0.1) is 5.69 Å². The van der Waals surface area contributed by atoms with Gasteiger partial charge in [-0.1, -0.05) is 30.3 Å². The molecule has 5 rings (SSSR count). The second-order valence-corrected chi connectivity index (χ2v) is 7.46. The number of carbonyl (C=O) groups is 3. The summed E-state index contributed by atoms with van der Waals surface area (Å²) in [6.45, 7) is 0.296. The van der Waals surface area contributed by atoms with Gasteiger partial charge in [0, 0.05) is 29.5 Å². The molecule has 0 aliphatic carbocycles. The molecular formula is C23H16N4O3. The third-order valence-corrected chi connectivity index (χ3v) is 5.65. The van der Waals surface area contributed by atoms with E-state index in [1.54, 1.807) is 12.1 Å². The normalized spacial score (nSPS) is 18.3. The van der Waals surface area contributed by atoms with Crippen molar-refractivity contribution in [1.29, 1.82) is 5.26 Å². The van der Waals surface area contributed by atoms with E-state index < -0.39 is 11.9 Å². The van der Waals surface area contributed by atoms with Gasteiger partial charge in [0.15, 0.2) is 0 Å². The second-order valence-electron chi connectivity index (χ2n) is 7.46. The van der Waals surface area contributed by atoms with Crippen molar-refractivity contribution in [3.63, 3.8) is 0 Å². The van der Waals surface area contributed by atoms with Crippen molar-refractivity contribution in [2.45, 2.75) is 25.4 Å². The van der Waals surface area contributed by atoms with E-state index in [0.29, 0.717) is 29.9 Å². The van der Waals surface area contributed by atoms with Gasteiger partial charge in [-0.2, -0.15) is 5.26 Å². The van der Waals surface area contributed by atoms with Crippen LogP contribution in [0, 0.1) is 11.3 Å². The molecule has 2 aliphatic heterocycles. The first-order valence-corrected chi connectivity index (χ1v) is 9.63. The predicted octanol–water partition coefficient (Wildman–Crippen LogP) is 2.53. The maximum absolute atomic E-state index is 12.9. The fourth-order valence-electron chi connectivity index (χ4n) is 4.20. The van der Waals surface area contributed by atoms with Crippen LogP contribution in [0.3, 0.4) is 0 Å². The van der Waals surface area contributed by atoms with Crippen molar-refractivity contribution in [2.75, 3.05) is 0 Å². The molecular weight excluding hydrogens is 380 g/mol. The van der Waals surface area contributed by atoms with Crippen molar-refractivity contribution in [2.24, 2.45) is 0 Å². The lowest BCUT2D eigenvalue weighted by Gasteiger charge is -2.29. The van der Waals surface area contributed by atoms with Crippen LogP contribution in [0.1, 0.15) is 34.5 Å². The zero-order valence-electron chi connectivity index (χ0n) is 15.9. The molecule has 1 fully saturated rings. The summed E-state index contributed by atoms with van der Waals surface area (Å²) in [6, 6.07) is 16.4. The molecule has 1 saturated heterocycles. The SMILES string of the molecule is N#Cc1cc2ccccc2c(-c2ccc3c(c2)CN(C2CCC(=O)NC2=O)C3=O)n1. The van der Waals surface area contributed by atoms with Crippen LogP contribution in [0.5, 0.6) is 0 Å². The standard InChI is InChI=1S/C23H16N4O3/c24-11-16-10-13-3-1-2-4-17(13)21(25-16)14-5-6-18-15(9-14)12-27(23(18)30)19-7-8-20(28)26-22(19)29/h1-6,9-10,19H,7-8,12H2,(H,26,28,29). The summed E-state index contributed by atoms with van der Waals surface area (Å²) in [5, 5.41) is 13.5. The summed E-state index contributed by atoms with van der Waals surface area (Å²) in [5.41, 5.74) is 3.16. The highest BCUT2D eigenvalue weighted by molar-refractivity contribution is 6.06. The summed E-state index contributed by atoms with van der Waals surface area (Å²) in [6.07, 6.45) is 0.548. The number of nitrogens with one attached hydrogen (secondary N) is 1. The minimum Gasteiger partial charge on any atom is -0.322 e. The zero-order chi connectivity index (χ0) is 20.8. The van der Waals surface area contributed by atoms with Gasteiger partial charge < -0.3 is 4.90 Å². The highest BCUT2D eigenvalue weighted by atomic mass is 16.2. The van der Waals surface area contributed by atoms with Crippen LogP contribution >= 0.6 is 0 Å². The molecule has 0 saturated carbocycles. The number of hydrogen-bond acceptors (Lipinski definition) is 5. The van der Waals surface area contributed by atoms with Crippen molar-refractivity contribution < 1.29 is 14.4 Å². The first-order chi connectivity index (χ1) is 14.5. The molecule has 2 aromatic carbocycles. The monoisotopic (exact) mass is 396 g/mol. The van der Waals surface area contributed by atoms with E-state index in [1.165, 1.54) is 4.90 Å². The number of benzene rings is 2. The predicted molar refractivity (Wildman–Crippen MR) is 108 cm³/mol. The summed E-state index contributed by atoms with van der Waals surface area (Å²) in [4.78, 5) is 42.6. The molecule has 1 aromatic heterocycles. The molecule has 1 atom stereocenters. The number of nitrogens with zero attached hydrogens (tertiary/aromatic N) is 3. The molecule has 3 amide bonds. The van der Waals surface area contributed by atoms with Crippen molar-refractivity contribution >= 4 is 28.5 Å². The molecule has 1 N–H and O–H groups in total. The minimum atomic E-state index is -0.646. The lowest BCUT2D eigenvalue weighted by Crippen LogP contribution is -2.52. The number of rotatable bonds is 2. The van der Waals surface area contributed by atoms with E-state index in [0.717, 1.165) is 21.9 Å². The zero-order valence-corrected chi connectivity index (χ0v) is 15.9. The van der Waals surface area contributed by atoms with Gasteiger partial charge in [-0.25, -0.2) is 4.98 Å². The average molecular weight is 396 g/mol. The molecule has 1 unspecified atom stereocenters. The average Bonchev–Trinajstić information content (AvgIpc) is 3.08. The number of nitriles is 1. The van der Waals surface area contributed by atoms with E-state index in [2.05, 4.69) is 16.4 Å². The van der Waals surface area contributed by atoms with E-state index in [-0.39, 0.29) is 18.2 Å². The van der Waals surface area contributed by atoms with Crippen molar-refractivity contribution in [3.05, 3.63) is 65.4 Å². The van der Waals surface area contributed by atoms with Crippen LogP contribution in [0.25, 0.3) is 22.0 Å². The number of aromatic nitrogens is 1. The molecule has 30 heavy (non-hydrogen) atoms. The first kappa shape index (κ1) is 18.0. The largest absolute Gasteiger partial charge is 0.322 e. The van der Waals surface area contributed by atoms with Crippen molar-refractivity contribution in [3.8, 4) is 17.3 Å². The van der Waals surface area contributed by atoms with E-state index in [1.807, 2.05) is 36.4 Å². The number of amides is 3. The van der Waals surface area contributed by atoms with Crippen LogP contribution in [0.4, 0.5) is 0 Å². The van der Waals surface area contributed by atoms with Gasteiger partial charge in [-0.05, 0) is 35.6 Å². The molecule has 2 aliphatic rings. The number of hydrogen-bond donors (Lipinski definition) is 1. The lowest BCUT2D eigenvalue weighted by atomic mass is 9.99. The summed E-state index contributed by atoms with van der Waals surface area (Å²) >= 11 is 0. The molecule has 7 heteroatoms. The third kappa shape index (κ3) is 2.81. The number of pyridine rings is 1. The van der Waals surface area contributed by atoms with Crippen LogP contribution in [0.15, 0.2) is 48.5 Å². The Bertz CT molecular complexity index is 1290. The second kappa shape index (κ2) is 6.78. The van der Waals surface area contributed by atoms with Gasteiger partial charge in [0.2, 0.25) is 11.8 Å². The fraction of sp³-hybridized carbons (Fsp3) is 0.174. The van der Waals surface area contributed by atoms with Crippen molar-refractivity contribution in [1.82, 2.24) is 15.2 Å². The van der Waals surface area contributed by atoms with Gasteiger partial charge in [-0.3, -0.25) is 19.7 Å². The molecule has 0 radical (unpaired) electrons. The lowest BCUT2D eigenvalue weighted by molar-refractivity contribution is -0.136.